The van der Waals surface area contributed by atoms with Gasteiger partial charge in [0.15, 0.2) is 5.76 Å². The Hall–Kier alpha value is -2.19. The van der Waals surface area contributed by atoms with Crippen LogP contribution in [-0.2, 0) is 21.2 Å². The molecule has 7 nitrogen and oxygen atoms in total. The molecule has 2 aliphatic rings. The smallest absolute Gasteiger partial charge is 0.248 e. The zero-order valence-corrected chi connectivity index (χ0v) is 19.1. The minimum atomic E-state index is -3.71. The second kappa shape index (κ2) is 9.12. The lowest BCUT2D eigenvalue weighted by Gasteiger charge is -2.37. The van der Waals surface area contributed by atoms with Gasteiger partial charge in [0.2, 0.25) is 15.9 Å². The fourth-order valence-corrected chi connectivity index (χ4v) is 6.71. The molecular formula is C23H31N3O4S. The van der Waals surface area contributed by atoms with Gasteiger partial charge in [0, 0.05) is 26.2 Å². The van der Waals surface area contributed by atoms with Crippen molar-refractivity contribution in [3.05, 3.63) is 47.3 Å². The average Bonchev–Trinajstić information content (AvgIpc) is 3.13. The number of aromatic nitrogens is 1. The van der Waals surface area contributed by atoms with E-state index in [1.165, 1.54) is 9.87 Å². The molecule has 3 heterocycles. The average molecular weight is 446 g/mol. The van der Waals surface area contributed by atoms with Crippen molar-refractivity contribution < 1.29 is 17.7 Å². The monoisotopic (exact) mass is 445 g/mol. The molecule has 31 heavy (non-hydrogen) atoms. The molecule has 1 aromatic heterocycles. The minimum absolute atomic E-state index is 0.0943. The summed E-state index contributed by atoms with van der Waals surface area (Å²) in [6.07, 6.45) is 4.46. The van der Waals surface area contributed by atoms with Crippen LogP contribution in [0.25, 0.3) is 0 Å². The van der Waals surface area contributed by atoms with E-state index in [1.54, 1.807) is 13.8 Å². The highest BCUT2D eigenvalue weighted by atomic mass is 32.2. The molecule has 1 amide bonds. The molecule has 0 saturated carbocycles. The maximum atomic E-state index is 13.2. The van der Waals surface area contributed by atoms with Crippen LogP contribution in [0.3, 0.4) is 0 Å². The van der Waals surface area contributed by atoms with Crippen molar-refractivity contribution in [1.82, 2.24) is 14.4 Å². The van der Waals surface area contributed by atoms with Crippen LogP contribution in [0.15, 0.2) is 39.8 Å². The Morgan fingerprint density at radius 3 is 2.45 bits per heavy atom. The van der Waals surface area contributed by atoms with Crippen molar-refractivity contribution in [3.63, 3.8) is 0 Å². The van der Waals surface area contributed by atoms with Crippen molar-refractivity contribution in [2.24, 2.45) is 11.8 Å². The van der Waals surface area contributed by atoms with Gasteiger partial charge in [-0.25, -0.2) is 8.42 Å². The van der Waals surface area contributed by atoms with Gasteiger partial charge in [0.25, 0.3) is 0 Å². The lowest BCUT2D eigenvalue weighted by molar-refractivity contribution is -0.138. The third kappa shape index (κ3) is 4.70. The number of hydrogen-bond acceptors (Lipinski definition) is 5. The lowest BCUT2D eigenvalue weighted by atomic mass is 9.89. The van der Waals surface area contributed by atoms with Crippen LogP contribution in [-0.4, -0.2) is 54.9 Å². The molecule has 2 saturated heterocycles. The molecule has 168 valence electrons. The summed E-state index contributed by atoms with van der Waals surface area (Å²) < 4.78 is 32.8. The molecule has 1 atom stereocenters. The maximum Gasteiger partial charge on any atom is 0.248 e. The maximum absolute atomic E-state index is 13.2. The first-order valence-electron chi connectivity index (χ1n) is 11.1. The van der Waals surface area contributed by atoms with Crippen LogP contribution in [0.1, 0.15) is 42.7 Å². The molecule has 0 bridgehead atoms. The van der Waals surface area contributed by atoms with E-state index in [-0.39, 0.29) is 23.3 Å². The van der Waals surface area contributed by atoms with Gasteiger partial charge in [0.05, 0.1) is 5.92 Å². The highest BCUT2D eigenvalue weighted by molar-refractivity contribution is 7.89. The Balaban J connectivity index is 1.36. The Morgan fingerprint density at radius 2 is 1.81 bits per heavy atom. The molecule has 2 aromatic rings. The van der Waals surface area contributed by atoms with Crippen LogP contribution in [0.2, 0.25) is 0 Å². The van der Waals surface area contributed by atoms with Gasteiger partial charge in [-0.1, -0.05) is 35.5 Å². The van der Waals surface area contributed by atoms with Crippen molar-refractivity contribution in [1.29, 1.82) is 0 Å². The first-order chi connectivity index (χ1) is 14.9. The number of amides is 1. The van der Waals surface area contributed by atoms with E-state index >= 15 is 0 Å². The highest BCUT2D eigenvalue weighted by Gasteiger charge is 2.38. The number of likely N-dealkylation sites (tertiary alicyclic amines) is 1. The van der Waals surface area contributed by atoms with Gasteiger partial charge in [-0.3, -0.25) is 4.79 Å². The van der Waals surface area contributed by atoms with Gasteiger partial charge in [-0.05, 0) is 57.4 Å². The Kier molecular flexibility index (Phi) is 6.48. The zero-order valence-electron chi connectivity index (χ0n) is 18.3. The number of benzene rings is 1. The quantitative estimate of drug-likeness (QED) is 0.706. The zero-order chi connectivity index (χ0) is 22.0. The summed E-state index contributed by atoms with van der Waals surface area (Å²) in [6.45, 7) is 5.41. The van der Waals surface area contributed by atoms with Crippen LogP contribution >= 0.6 is 0 Å². The summed E-state index contributed by atoms with van der Waals surface area (Å²) in [7, 11) is -3.71. The molecular weight excluding hydrogens is 414 g/mol. The van der Waals surface area contributed by atoms with Gasteiger partial charge in [-0.2, -0.15) is 4.31 Å². The summed E-state index contributed by atoms with van der Waals surface area (Å²) in [4.78, 5) is 15.3. The van der Waals surface area contributed by atoms with Crippen LogP contribution in [0.5, 0.6) is 0 Å². The van der Waals surface area contributed by atoms with Crippen molar-refractivity contribution in [3.8, 4) is 0 Å². The largest absolute Gasteiger partial charge is 0.360 e. The van der Waals surface area contributed by atoms with Crippen molar-refractivity contribution in [2.75, 3.05) is 26.2 Å². The predicted molar refractivity (Wildman–Crippen MR) is 117 cm³/mol. The molecule has 0 aliphatic carbocycles. The predicted octanol–water partition coefficient (Wildman–Crippen LogP) is 3.17. The number of hydrogen-bond donors (Lipinski definition) is 0. The van der Waals surface area contributed by atoms with Crippen molar-refractivity contribution >= 4 is 15.9 Å². The van der Waals surface area contributed by atoms with E-state index in [0.717, 1.165) is 38.8 Å². The standard InChI is InChI=1S/C23H31N3O4S/c1-17-22(18(2)30-24-17)31(28,29)26-12-6-9-21(16-26)23(27)25-13-10-20(11-14-25)15-19-7-4-3-5-8-19/h3-5,7-8,20-21H,6,9-16H2,1-2H3. The van der Waals surface area contributed by atoms with E-state index in [2.05, 4.69) is 29.4 Å². The fraction of sp³-hybridized carbons (Fsp3) is 0.565. The minimum Gasteiger partial charge on any atom is -0.360 e. The summed E-state index contributed by atoms with van der Waals surface area (Å²) in [5, 5.41) is 3.79. The molecule has 4 rings (SSSR count). The SMILES string of the molecule is Cc1noc(C)c1S(=O)(=O)N1CCCC(C(=O)N2CCC(Cc3ccccc3)CC2)C1. The molecule has 0 spiro atoms. The molecule has 8 heteroatoms. The van der Waals surface area contributed by atoms with E-state index in [4.69, 9.17) is 4.52 Å². The van der Waals surface area contributed by atoms with Gasteiger partial charge in [0.1, 0.15) is 10.6 Å². The summed E-state index contributed by atoms with van der Waals surface area (Å²) >= 11 is 0. The highest BCUT2D eigenvalue weighted by Crippen LogP contribution is 2.30. The van der Waals surface area contributed by atoms with Gasteiger partial charge in [-0.15, -0.1) is 0 Å². The topological polar surface area (TPSA) is 83.7 Å². The number of carbonyl (C=O) groups is 1. The van der Waals surface area contributed by atoms with Crippen LogP contribution in [0, 0.1) is 25.7 Å². The normalized spacial score (nSPS) is 21.4. The molecule has 0 radical (unpaired) electrons. The third-order valence-corrected chi connectivity index (χ3v) is 8.70. The Labute approximate surface area is 184 Å². The lowest BCUT2D eigenvalue weighted by Crippen LogP contribution is -2.48. The summed E-state index contributed by atoms with van der Waals surface area (Å²) in [5.74, 6) is 0.701. The second-order valence-electron chi connectivity index (χ2n) is 8.81. The van der Waals surface area contributed by atoms with E-state index in [9.17, 15) is 13.2 Å². The molecule has 1 aromatic carbocycles. The van der Waals surface area contributed by atoms with Crippen LogP contribution < -0.4 is 0 Å². The number of piperidine rings is 2. The number of sulfonamides is 1. The second-order valence-corrected chi connectivity index (χ2v) is 10.7. The summed E-state index contributed by atoms with van der Waals surface area (Å²) in [5.41, 5.74) is 1.71. The molecule has 1 unspecified atom stereocenters. The Bertz CT molecular complexity index is 991. The molecule has 2 aliphatic heterocycles. The molecule has 2 fully saturated rings. The number of nitrogens with zero attached hydrogens (tertiary/aromatic N) is 3. The van der Waals surface area contributed by atoms with E-state index < -0.39 is 10.0 Å². The number of aryl methyl sites for hydroxylation is 2. The molecule has 0 N–H and O–H groups in total. The number of carbonyl (C=O) groups excluding carboxylic acids is 1. The van der Waals surface area contributed by atoms with Gasteiger partial charge < -0.3 is 9.42 Å². The van der Waals surface area contributed by atoms with Crippen molar-refractivity contribution in [2.45, 2.75) is 50.8 Å². The van der Waals surface area contributed by atoms with Crippen LogP contribution in [0.4, 0.5) is 0 Å². The summed E-state index contributed by atoms with van der Waals surface area (Å²) in [6, 6.07) is 10.5. The third-order valence-electron chi connectivity index (χ3n) is 6.59. The first-order valence-corrected chi connectivity index (χ1v) is 12.6. The fourth-order valence-electron chi connectivity index (χ4n) is 4.90. The van der Waals surface area contributed by atoms with Gasteiger partial charge >= 0.3 is 0 Å². The van der Waals surface area contributed by atoms with E-state index in [0.29, 0.717) is 30.3 Å². The Morgan fingerprint density at radius 1 is 1.10 bits per heavy atom. The number of rotatable bonds is 5. The van der Waals surface area contributed by atoms with E-state index in [1.807, 2.05) is 11.0 Å². The first kappa shape index (κ1) is 22.0.